The van der Waals surface area contributed by atoms with Gasteiger partial charge in [0.25, 0.3) is 0 Å². The van der Waals surface area contributed by atoms with Gasteiger partial charge in [0.05, 0.1) is 0 Å². The Balaban J connectivity index is 2.21. The Bertz CT molecular complexity index is 603. The summed E-state index contributed by atoms with van der Waals surface area (Å²) in [6, 6.07) is 7.89. The molecule has 0 saturated heterocycles. The van der Waals surface area contributed by atoms with E-state index < -0.39 is 0 Å². The van der Waals surface area contributed by atoms with Crippen LogP contribution in [0.1, 0.15) is 33.3 Å². The minimum absolute atomic E-state index is 0.136. The molecule has 0 aliphatic heterocycles. The Morgan fingerprint density at radius 2 is 1.81 bits per heavy atom. The highest BCUT2D eigenvalue weighted by Crippen LogP contribution is 2.30. The van der Waals surface area contributed by atoms with Crippen molar-refractivity contribution in [3.63, 3.8) is 0 Å². The van der Waals surface area contributed by atoms with E-state index in [2.05, 4.69) is 22.2 Å². The molecule has 0 aliphatic rings. The molecule has 112 valence electrons. The molecular formula is C16H22N4O. The fourth-order valence-electron chi connectivity index (χ4n) is 1.82. The second-order valence-electron chi connectivity index (χ2n) is 5.92. The molecular weight excluding hydrogens is 264 g/mol. The first-order chi connectivity index (χ1) is 9.89. The van der Waals surface area contributed by atoms with Crippen molar-refractivity contribution in [3.8, 4) is 11.6 Å². The molecule has 1 aromatic heterocycles. The lowest BCUT2D eigenvalue weighted by molar-refractivity contribution is 0.464. The Morgan fingerprint density at radius 1 is 1.14 bits per heavy atom. The van der Waals surface area contributed by atoms with Crippen molar-refractivity contribution in [1.82, 2.24) is 9.97 Å². The molecule has 0 aliphatic carbocycles. The number of hydrogen-bond donors (Lipinski definition) is 2. The second kappa shape index (κ2) is 5.99. The van der Waals surface area contributed by atoms with Crippen LogP contribution in [0, 0.1) is 0 Å². The first-order valence-corrected chi connectivity index (χ1v) is 7.04. The van der Waals surface area contributed by atoms with E-state index in [9.17, 15) is 0 Å². The van der Waals surface area contributed by atoms with E-state index in [0.29, 0.717) is 23.1 Å². The second-order valence-corrected chi connectivity index (χ2v) is 5.92. The van der Waals surface area contributed by atoms with Gasteiger partial charge >= 0.3 is 0 Å². The van der Waals surface area contributed by atoms with Crippen LogP contribution >= 0.6 is 0 Å². The summed E-state index contributed by atoms with van der Waals surface area (Å²) in [6.07, 6.45) is 2.44. The summed E-state index contributed by atoms with van der Waals surface area (Å²) in [7, 11) is 0. The summed E-state index contributed by atoms with van der Waals surface area (Å²) in [6.45, 7) is 8.23. The van der Waals surface area contributed by atoms with Crippen molar-refractivity contribution < 1.29 is 4.74 Å². The minimum atomic E-state index is -0.136. The molecule has 5 heteroatoms. The van der Waals surface area contributed by atoms with E-state index in [1.165, 1.54) is 11.9 Å². The smallest absolute Gasteiger partial charge is 0.248 e. The van der Waals surface area contributed by atoms with Gasteiger partial charge in [0, 0.05) is 5.54 Å². The molecule has 3 N–H and O–H groups in total. The minimum Gasteiger partial charge on any atom is -0.437 e. The average Bonchev–Trinajstić information content (AvgIpc) is 2.43. The lowest BCUT2D eigenvalue weighted by atomic mass is 10.1. The maximum Gasteiger partial charge on any atom is 0.248 e. The molecule has 0 atom stereocenters. The summed E-state index contributed by atoms with van der Waals surface area (Å²) in [4.78, 5) is 8.27. The normalized spacial score (nSPS) is 11.2. The molecule has 0 bridgehead atoms. The van der Waals surface area contributed by atoms with Gasteiger partial charge in [-0.25, -0.2) is 4.98 Å². The number of rotatable bonds is 4. The number of benzene rings is 1. The Hall–Kier alpha value is -2.30. The van der Waals surface area contributed by atoms with Crippen LogP contribution in [0.5, 0.6) is 11.6 Å². The monoisotopic (exact) mass is 286 g/mol. The van der Waals surface area contributed by atoms with Gasteiger partial charge in [0.2, 0.25) is 5.88 Å². The van der Waals surface area contributed by atoms with Crippen LogP contribution < -0.4 is 15.8 Å². The van der Waals surface area contributed by atoms with Crippen LogP contribution in [0.15, 0.2) is 30.6 Å². The summed E-state index contributed by atoms with van der Waals surface area (Å²) in [5.41, 5.74) is 7.61. The third-order valence-corrected chi connectivity index (χ3v) is 2.89. The Morgan fingerprint density at radius 3 is 2.38 bits per heavy atom. The third-order valence-electron chi connectivity index (χ3n) is 2.89. The lowest BCUT2D eigenvalue weighted by Gasteiger charge is -2.22. The van der Waals surface area contributed by atoms with Crippen LogP contribution in [0.3, 0.4) is 0 Å². The maximum absolute atomic E-state index is 6.08. The van der Waals surface area contributed by atoms with Crippen LogP contribution in [0.2, 0.25) is 0 Å². The van der Waals surface area contributed by atoms with Crippen molar-refractivity contribution in [1.29, 1.82) is 0 Å². The molecule has 1 heterocycles. The highest BCUT2D eigenvalue weighted by Gasteiger charge is 2.16. The van der Waals surface area contributed by atoms with Gasteiger partial charge in [-0.15, -0.1) is 0 Å². The summed E-state index contributed by atoms with van der Waals surface area (Å²) in [5, 5.41) is 3.24. The molecule has 2 aromatic rings. The number of anilines is 2. The van der Waals surface area contributed by atoms with E-state index in [4.69, 9.17) is 10.5 Å². The zero-order chi connectivity index (χ0) is 15.5. The number of nitrogens with zero attached hydrogens (tertiary/aromatic N) is 2. The fourth-order valence-corrected chi connectivity index (χ4v) is 1.82. The van der Waals surface area contributed by atoms with E-state index in [1.54, 1.807) is 0 Å². The zero-order valence-corrected chi connectivity index (χ0v) is 13.0. The van der Waals surface area contributed by atoms with Crippen molar-refractivity contribution in [2.45, 2.75) is 39.7 Å². The molecule has 2 rings (SSSR count). The van der Waals surface area contributed by atoms with E-state index in [0.717, 1.165) is 6.42 Å². The lowest BCUT2D eigenvalue weighted by Crippen LogP contribution is -2.27. The predicted molar refractivity (Wildman–Crippen MR) is 85.7 cm³/mol. The van der Waals surface area contributed by atoms with Crippen molar-refractivity contribution in [2.24, 2.45) is 0 Å². The number of ether oxygens (including phenoxy) is 1. The van der Waals surface area contributed by atoms with Gasteiger partial charge in [-0.1, -0.05) is 19.1 Å². The Kier molecular flexibility index (Phi) is 4.31. The summed E-state index contributed by atoms with van der Waals surface area (Å²) in [5.74, 6) is 1.65. The molecule has 0 saturated carbocycles. The van der Waals surface area contributed by atoms with Crippen LogP contribution in [0.25, 0.3) is 0 Å². The highest BCUT2D eigenvalue weighted by atomic mass is 16.5. The zero-order valence-electron chi connectivity index (χ0n) is 13.0. The van der Waals surface area contributed by atoms with E-state index >= 15 is 0 Å². The largest absolute Gasteiger partial charge is 0.437 e. The molecule has 1 aromatic carbocycles. The van der Waals surface area contributed by atoms with Gasteiger partial charge in [0.1, 0.15) is 17.8 Å². The first-order valence-electron chi connectivity index (χ1n) is 7.04. The topological polar surface area (TPSA) is 73.1 Å². The van der Waals surface area contributed by atoms with Gasteiger partial charge in [0.15, 0.2) is 5.82 Å². The molecule has 0 spiro atoms. The molecule has 0 unspecified atom stereocenters. The van der Waals surface area contributed by atoms with Gasteiger partial charge < -0.3 is 15.8 Å². The summed E-state index contributed by atoms with van der Waals surface area (Å²) >= 11 is 0. The SMILES string of the molecule is CCc1ccc(Oc2ncnc(NC(C)(C)C)c2N)cc1. The third kappa shape index (κ3) is 4.08. The fraction of sp³-hybridized carbons (Fsp3) is 0.375. The number of aryl methyl sites for hydroxylation is 1. The highest BCUT2D eigenvalue weighted by molar-refractivity contribution is 5.67. The van der Waals surface area contributed by atoms with E-state index in [-0.39, 0.29) is 5.54 Å². The number of nitrogen functional groups attached to an aromatic ring is 1. The van der Waals surface area contributed by atoms with Gasteiger partial charge in [-0.05, 0) is 44.9 Å². The molecule has 0 fully saturated rings. The summed E-state index contributed by atoms with van der Waals surface area (Å²) < 4.78 is 5.75. The first kappa shape index (κ1) is 15.1. The van der Waals surface area contributed by atoms with Gasteiger partial charge in [-0.3, -0.25) is 0 Å². The number of aromatic nitrogens is 2. The van der Waals surface area contributed by atoms with Crippen LogP contribution in [0.4, 0.5) is 11.5 Å². The predicted octanol–water partition coefficient (Wildman–Crippen LogP) is 3.62. The van der Waals surface area contributed by atoms with Crippen molar-refractivity contribution in [2.75, 3.05) is 11.1 Å². The number of hydrogen-bond acceptors (Lipinski definition) is 5. The molecule has 21 heavy (non-hydrogen) atoms. The Labute approximate surface area is 125 Å². The van der Waals surface area contributed by atoms with Crippen LogP contribution in [-0.2, 0) is 6.42 Å². The number of nitrogens with one attached hydrogen (secondary N) is 1. The van der Waals surface area contributed by atoms with Gasteiger partial charge in [-0.2, -0.15) is 4.98 Å². The molecule has 5 nitrogen and oxygen atoms in total. The molecule has 0 amide bonds. The van der Waals surface area contributed by atoms with Crippen molar-refractivity contribution in [3.05, 3.63) is 36.2 Å². The van der Waals surface area contributed by atoms with E-state index in [1.807, 2.05) is 45.0 Å². The number of nitrogens with two attached hydrogens (primary N) is 1. The quantitative estimate of drug-likeness (QED) is 0.898. The average molecular weight is 286 g/mol. The molecule has 0 radical (unpaired) electrons. The van der Waals surface area contributed by atoms with Crippen molar-refractivity contribution >= 4 is 11.5 Å². The standard InChI is InChI=1S/C16H22N4O/c1-5-11-6-8-12(9-7-11)21-15-13(17)14(18-10-19-15)20-16(2,3)4/h6-10H,5,17H2,1-4H3,(H,18,19,20). The van der Waals surface area contributed by atoms with Crippen LogP contribution in [-0.4, -0.2) is 15.5 Å². The maximum atomic E-state index is 6.08.